The van der Waals surface area contributed by atoms with Crippen LogP contribution in [0.5, 0.6) is 0 Å². The van der Waals surface area contributed by atoms with Crippen LogP contribution in [0.3, 0.4) is 0 Å². The van der Waals surface area contributed by atoms with Crippen LogP contribution in [0.25, 0.3) is 16.6 Å². The van der Waals surface area contributed by atoms with E-state index in [1.54, 1.807) is 15.6 Å². The average Bonchev–Trinajstić information content (AvgIpc) is 3.34. The number of esters is 1. The molecule has 2 heterocycles. The number of hydrogen-bond donors (Lipinski definition) is 0. The number of amides is 1. The fraction of sp³-hybridized carbons (Fsp3) is 0.464. The molecule has 37 heavy (non-hydrogen) atoms. The Labute approximate surface area is 217 Å². The van der Waals surface area contributed by atoms with Crippen molar-refractivity contribution in [1.29, 1.82) is 0 Å². The summed E-state index contributed by atoms with van der Waals surface area (Å²) in [6.07, 6.45) is 3.58. The van der Waals surface area contributed by atoms with Gasteiger partial charge in [0.05, 0.1) is 18.4 Å². The number of rotatable bonds is 6. The molecule has 0 aliphatic carbocycles. The van der Waals surface area contributed by atoms with E-state index in [4.69, 9.17) is 24.0 Å². The average molecular weight is 510 g/mol. The summed E-state index contributed by atoms with van der Waals surface area (Å²) in [6.45, 7) is 6.99. The normalized spacial score (nSPS) is 16.6. The van der Waals surface area contributed by atoms with Crippen molar-refractivity contribution >= 4 is 23.0 Å². The Kier molecular flexibility index (Phi) is 7.57. The number of piperidine rings is 1. The molecular weight excluding hydrogens is 474 g/mol. The molecule has 1 aliphatic rings. The molecule has 0 spiro atoms. The van der Waals surface area contributed by atoms with Gasteiger partial charge in [-0.25, -0.2) is 14.3 Å². The lowest BCUT2D eigenvalue weighted by Crippen LogP contribution is -2.42. The van der Waals surface area contributed by atoms with Crippen molar-refractivity contribution in [2.24, 2.45) is 0 Å². The third-order valence-corrected chi connectivity index (χ3v) is 6.62. The second-order valence-electron chi connectivity index (χ2n) is 10.2. The Hall–Kier alpha value is -3.43. The predicted octanol–water partition coefficient (Wildman–Crippen LogP) is 4.76. The lowest BCUT2D eigenvalue weighted by Gasteiger charge is -2.34. The number of carbonyl (C=O) groups excluding carboxylic acids is 2. The molecular formula is C28H35N3O6. The minimum atomic E-state index is -1.72. The van der Waals surface area contributed by atoms with E-state index in [1.807, 2.05) is 51.2 Å². The first-order chi connectivity index (χ1) is 17.6. The standard InChI is InChI=1S/C28H35N3O6/c1-27(2,3)37-26(33)30-16-8-10-20(17-30)19-12-14-22(15-13-19)31-18-21-9-7-11-23(24(21)29-31)28(35-5,36-6)25(32)34-4/h7,9,11-15,18,20H,8,10,16-17H2,1-6H3. The molecule has 0 saturated carbocycles. The van der Waals surface area contributed by atoms with E-state index in [0.717, 1.165) is 29.5 Å². The zero-order valence-corrected chi connectivity index (χ0v) is 22.3. The highest BCUT2D eigenvalue weighted by atomic mass is 16.7. The number of ether oxygens (including phenoxy) is 4. The van der Waals surface area contributed by atoms with Crippen molar-refractivity contribution in [2.45, 2.75) is 50.9 Å². The van der Waals surface area contributed by atoms with Gasteiger partial charge in [0.2, 0.25) is 0 Å². The largest absolute Gasteiger partial charge is 0.465 e. The lowest BCUT2D eigenvalue weighted by molar-refractivity contribution is -0.233. The summed E-state index contributed by atoms with van der Waals surface area (Å²) < 4.78 is 23.3. The quantitative estimate of drug-likeness (QED) is 0.349. The van der Waals surface area contributed by atoms with E-state index in [9.17, 15) is 9.59 Å². The Bertz CT molecular complexity index is 1260. The van der Waals surface area contributed by atoms with E-state index in [0.29, 0.717) is 24.2 Å². The van der Waals surface area contributed by atoms with E-state index in [1.165, 1.54) is 21.3 Å². The predicted molar refractivity (Wildman–Crippen MR) is 139 cm³/mol. The van der Waals surface area contributed by atoms with Gasteiger partial charge in [0.1, 0.15) is 11.1 Å². The van der Waals surface area contributed by atoms with Gasteiger partial charge in [-0.15, -0.1) is 0 Å². The number of aromatic nitrogens is 2. The van der Waals surface area contributed by atoms with Crippen molar-refractivity contribution < 1.29 is 28.5 Å². The van der Waals surface area contributed by atoms with Crippen molar-refractivity contribution in [3.63, 3.8) is 0 Å². The van der Waals surface area contributed by atoms with Crippen molar-refractivity contribution in [3.8, 4) is 5.69 Å². The van der Waals surface area contributed by atoms with Crippen molar-refractivity contribution in [3.05, 3.63) is 59.8 Å². The molecule has 1 fully saturated rings. The van der Waals surface area contributed by atoms with Gasteiger partial charge < -0.3 is 23.8 Å². The minimum absolute atomic E-state index is 0.239. The van der Waals surface area contributed by atoms with Gasteiger partial charge in [-0.2, -0.15) is 5.10 Å². The van der Waals surface area contributed by atoms with Gasteiger partial charge in [-0.1, -0.05) is 30.3 Å². The van der Waals surface area contributed by atoms with Crippen LogP contribution in [0.4, 0.5) is 4.79 Å². The molecule has 1 atom stereocenters. The molecule has 3 aromatic rings. The summed E-state index contributed by atoms with van der Waals surface area (Å²) in [6, 6.07) is 13.6. The third-order valence-electron chi connectivity index (χ3n) is 6.62. The van der Waals surface area contributed by atoms with E-state index in [2.05, 4.69) is 12.1 Å². The highest BCUT2D eigenvalue weighted by Crippen LogP contribution is 2.34. The monoisotopic (exact) mass is 509 g/mol. The molecule has 1 aromatic heterocycles. The molecule has 1 amide bonds. The molecule has 0 N–H and O–H groups in total. The van der Waals surface area contributed by atoms with Crippen LogP contribution in [0, 0.1) is 0 Å². The molecule has 1 unspecified atom stereocenters. The summed E-state index contributed by atoms with van der Waals surface area (Å²) in [5, 5.41) is 5.58. The lowest BCUT2D eigenvalue weighted by atomic mass is 9.91. The number of hydrogen-bond acceptors (Lipinski definition) is 7. The van der Waals surface area contributed by atoms with Crippen LogP contribution in [0.15, 0.2) is 48.7 Å². The number of methoxy groups -OCH3 is 3. The minimum Gasteiger partial charge on any atom is -0.465 e. The zero-order chi connectivity index (χ0) is 26.8. The Balaban J connectivity index is 1.59. The second kappa shape index (κ2) is 10.5. The fourth-order valence-corrected chi connectivity index (χ4v) is 4.80. The van der Waals surface area contributed by atoms with Crippen LogP contribution < -0.4 is 0 Å². The van der Waals surface area contributed by atoms with E-state index in [-0.39, 0.29) is 12.0 Å². The molecule has 0 bridgehead atoms. The number of fused-ring (bicyclic) bond motifs is 1. The maximum Gasteiger partial charge on any atom is 0.410 e. The number of benzene rings is 2. The molecule has 9 nitrogen and oxygen atoms in total. The van der Waals surface area contributed by atoms with Crippen molar-refractivity contribution in [2.75, 3.05) is 34.4 Å². The molecule has 9 heteroatoms. The number of nitrogens with zero attached hydrogens (tertiary/aromatic N) is 3. The SMILES string of the molecule is COC(=O)C(OC)(OC)c1cccc2cn(-c3ccc(C4CCCN(C(=O)OC(C)(C)C)C4)cc3)nc12. The summed E-state index contributed by atoms with van der Waals surface area (Å²) in [4.78, 5) is 27.0. The summed E-state index contributed by atoms with van der Waals surface area (Å²) in [5.41, 5.74) is 2.55. The smallest absolute Gasteiger partial charge is 0.410 e. The first-order valence-corrected chi connectivity index (χ1v) is 12.4. The van der Waals surface area contributed by atoms with Crippen LogP contribution in [0.1, 0.15) is 50.7 Å². The third kappa shape index (κ3) is 5.33. The van der Waals surface area contributed by atoms with Gasteiger partial charge in [0.15, 0.2) is 0 Å². The van der Waals surface area contributed by atoms with Gasteiger partial charge in [-0.3, -0.25) is 0 Å². The molecule has 2 aromatic carbocycles. The molecule has 4 rings (SSSR count). The van der Waals surface area contributed by atoms with Gasteiger partial charge in [-0.05, 0) is 51.3 Å². The fourth-order valence-electron chi connectivity index (χ4n) is 4.80. The summed E-state index contributed by atoms with van der Waals surface area (Å²) in [7, 11) is 4.07. The highest BCUT2D eigenvalue weighted by molar-refractivity contribution is 5.89. The van der Waals surface area contributed by atoms with Gasteiger partial charge >= 0.3 is 12.1 Å². The molecule has 1 saturated heterocycles. The van der Waals surface area contributed by atoms with Gasteiger partial charge in [0.25, 0.3) is 5.79 Å². The second-order valence-corrected chi connectivity index (χ2v) is 10.2. The van der Waals surface area contributed by atoms with Crippen LogP contribution in [-0.2, 0) is 29.5 Å². The molecule has 1 aliphatic heterocycles. The summed E-state index contributed by atoms with van der Waals surface area (Å²) in [5.74, 6) is -2.15. The maximum atomic E-state index is 12.6. The Morgan fingerprint density at radius 1 is 1.00 bits per heavy atom. The highest BCUT2D eigenvalue weighted by Gasteiger charge is 2.44. The van der Waals surface area contributed by atoms with Crippen LogP contribution in [0.2, 0.25) is 0 Å². The van der Waals surface area contributed by atoms with E-state index < -0.39 is 17.4 Å². The Morgan fingerprint density at radius 3 is 2.32 bits per heavy atom. The number of carbonyl (C=O) groups is 2. The van der Waals surface area contributed by atoms with Crippen LogP contribution >= 0.6 is 0 Å². The number of likely N-dealkylation sites (tertiary alicyclic amines) is 1. The van der Waals surface area contributed by atoms with Crippen molar-refractivity contribution in [1.82, 2.24) is 14.7 Å². The topological polar surface area (TPSA) is 92.1 Å². The van der Waals surface area contributed by atoms with Crippen LogP contribution in [-0.4, -0.2) is 66.8 Å². The maximum absolute atomic E-state index is 12.6. The molecule has 198 valence electrons. The summed E-state index contributed by atoms with van der Waals surface area (Å²) >= 11 is 0. The Morgan fingerprint density at radius 2 is 1.70 bits per heavy atom. The first kappa shape index (κ1) is 26.6. The van der Waals surface area contributed by atoms with Gasteiger partial charge in [0, 0.05) is 44.8 Å². The zero-order valence-electron chi connectivity index (χ0n) is 22.3. The molecule has 0 radical (unpaired) electrons. The van der Waals surface area contributed by atoms with E-state index >= 15 is 0 Å². The first-order valence-electron chi connectivity index (χ1n) is 12.4.